The van der Waals surface area contributed by atoms with Gasteiger partial charge in [0.2, 0.25) is 6.29 Å². The Hall–Kier alpha value is -2.65. The highest BCUT2D eigenvalue weighted by Crippen LogP contribution is 2.04. The molecule has 2 aromatic rings. The molecule has 2 aromatic carbocycles. The average Bonchev–Trinajstić information content (AvgIpc) is 2.53. The van der Waals surface area contributed by atoms with Crippen LogP contribution in [0.25, 0.3) is 12.2 Å². The van der Waals surface area contributed by atoms with E-state index in [1.165, 1.54) is 12.2 Å². The molecule has 0 aromatic heterocycles. The van der Waals surface area contributed by atoms with Gasteiger partial charge in [-0.25, -0.2) is 4.79 Å². The van der Waals surface area contributed by atoms with E-state index in [2.05, 4.69) is 0 Å². The number of esters is 1. The van der Waals surface area contributed by atoms with Gasteiger partial charge in [-0.15, -0.1) is 0 Å². The van der Waals surface area contributed by atoms with Crippen molar-refractivity contribution < 1.29 is 14.6 Å². The Labute approximate surface area is 123 Å². The molecule has 1 unspecified atom stereocenters. The predicted molar refractivity (Wildman–Crippen MR) is 83.1 cm³/mol. The molecule has 21 heavy (non-hydrogen) atoms. The van der Waals surface area contributed by atoms with Gasteiger partial charge in [-0.2, -0.15) is 0 Å². The zero-order valence-corrected chi connectivity index (χ0v) is 11.4. The zero-order chi connectivity index (χ0) is 14.9. The van der Waals surface area contributed by atoms with Crippen LogP contribution in [0.15, 0.2) is 72.8 Å². The summed E-state index contributed by atoms with van der Waals surface area (Å²) in [7, 11) is 0. The summed E-state index contributed by atoms with van der Waals surface area (Å²) in [4.78, 5) is 11.5. The first-order valence-corrected chi connectivity index (χ1v) is 6.59. The van der Waals surface area contributed by atoms with Gasteiger partial charge in [0.25, 0.3) is 0 Å². The molecular formula is C18H16O3. The number of ether oxygens (including phenoxy) is 1. The Bertz CT molecular complexity index is 615. The number of benzene rings is 2. The Kier molecular flexibility index (Phi) is 5.50. The minimum Gasteiger partial charge on any atom is -0.429 e. The minimum absolute atomic E-state index is 0.593. The fourth-order valence-corrected chi connectivity index (χ4v) is 1.68. The van der Waals surface area contributed by atoms with Gasteiger partial charge in [0, 0.05) is 6.08 Å². The first-order valence-electron chi connectivity index (χ1n) is 6.59. The highest BCUT2D eigenvalue weighted by atomic mass is 16.6. The summed E-state index contributed by atoms with van der Waals surface area (Å²) < 4.78 is 4.84. The first-order chi connectivity index (χ1) is 10.2. The van der Waals surface area contributed by atoms with Gasteiger partial charge < -0.3 is 9.84 Å². The Morgan fingerprint density at radius 1 is 0.905 bits per heavy atom. The lowest BCUT2D eigenvalue weighted by Gasteiger charge is -2.05. The molecule has 0 aliphatic carbocycles. The molecule has 0 heterocycles. The quantitative estimate of drug-likeness (QED) is 0.519. The molecule has 0 amide bonds. The monoisotopic (exact) mass is 280 g/mol. The second-order valence-electron chi connectivity index (χ2n) is 4.34. The summed E-state index contributed by atoms with van der Waals surface area (Å²) in [6, 6.07) is 18.9. The first kappa shape index (κ1) is 14.8. The predicted octanol–water partition coefficient (Wildman–Crippen LogP) is 3.27. The van der Waals surface area contributed by atoms with Crippen molar-refractivity contribution in [3.63, 3.8) is 0 Å². The van der Waals surface area contributed by atoms with E-state index in [1.807, 2.05) is 60.7 Å². The highest BCUT2D eigenvalue weighted by Gasteiger charge is 2.04. The molecule has 0 spiro atoms. The van der Waals surface area contributed by atoms with Crippen molar-refractivity contribution in [3.05, 3.63) is 83.9 Å². The summed E-state index contributed by atoms with van der Waals surface area (Å²) in [5.74, 6) is -0.593. The van der Waals surface area contributed by atoms with Gasteiger partial charge >= 0.3 is 5.97 Å². The number of carbonyl (C=O) groups excluding carboxylic acids is 1. The molecule has 2 rings (SSSR count). The van der Waals surface area contributed by atoms with Crippen LogP contribution in [0.3, 0.4) is 0 Å². The summed E-state index contributed by atoms with van der Waals surface area (Å²) in [5.41, 5.74) is 1.82. The van der Waals surface area contributed by atoms with Gasteiger partial charge in [-0.3, -0.25) is 0 Å². The summed E-state index contributed by atoms with van der Waals surface area (Å²) >= 11 is 0. The van der Waals surface area contributed by atoms with Gasteiger partial charge in [-0.1, -0.05) is 66.7 Å². The molecule has 1 atom stereocenters. The van der Waals surface area contributed by atoms with Crippen LogP contribution in [0.5, 0.6) is 0 Å². The maximum atomic E-state index is 11.5. The van der Waals surface area contributed by atoms with Crippen molar-refractivity contribution in [2.24, 2.45) is 0 Å². The number of carbonyl (C=O) groups is 1. The Morgan fingerprint density at radius 2 is 1.43 bits per heavy atom. The zero-order valence-electron chi connectivity index (χ0n) is 11.4. The second-order valence-corrected chi connectivity index (χ2v) is 4.34. The van der Waals surface area contributed by atoms with E-state index in [-0.39, 0.29) is 0 Å². The van der Waals surface area contributed by atoms with Crippen molar-refractivity contribution in [2.45, 2.75) is 6.29 Å². The second kappa shape index (κ2) is 7.82. The van der Waals surface area contributed by atoms with Crippen molar-refractivity contribution >= 4 is 18.1 Å². The number of hydrogen-bond donors (Lipinski definition) is 1. The standard InChI is InChI=1S/C18H16O3/c19-17(13-11-15-7-3-1-4-8-15)21-18(20)14-12-16-9-5-2-6-10-16/h1-14,17,19H. The van der Waals surface area contributed by atoms with E-state index in [0.29, 0.717) is 0 Å². The number of aliphatic hydroxyl groups is 1. The van der Waals surface area contributed by atoms with Crippen LogP contribution in [0.4, 0.5) is 0 Å². The molecular weight excluding hydrogens is 264 g/mol. The van der Waals surface area contributed by atoms with Crippen molar-refractivity contribution in [1.29, 1.82) is 0 Å². The molecule has 106 valence electrons. The van der Waals surface area contributed by atoms with Crippen molar-refractivity contribution in [1.82, 2.24) is 0 Å². The van der Waals surface area contributed by atoms with Gasteiger partial charge in [0.05, 0.1) is 0 Å². The third-order valence-electron chi connectivity index (χ3n) is 2.70. The lowest BCUT2D eigenvalue weighted by Crippen LogP contribution is -2.12. The number of aliphatic hydroxyl groups excluding tert-OH is 1. The van der Waals surface area contributed by atoms with Crippen LogP contribution in [-0.4, -0.2) is 17.4 Å². The molecule has 0 aliphatic heterocycles. The molecule has 1 N–H and O–H groups in total. The van der Waals surface area contributed by atoms with Crippen LogP contribution in [-0.2, 0) is 9.53 Å². The molecule has 0 aliphatic rings. The SMILES string of the molecule is O=C(C=Cc1ccccc1)OC(O)C=Cc1ccccc1. The van der Waals surface area contributed by atoms with Crippen LogP contribution >= 0.6 is 0 Å². The highest BCUT2D eigenvalue weighted by molar-refractivity contribution is 5.87. The van der Waals surface area contributed by atoms with E-state index >= 15 is 0 Å². The van der Waals surface area contributed by atoms with Gasteiger partial charge in [-0.05, 0) is 23.3 Å². The van der Waals surface area contributed by atoms with E-state index in [1.54, 1.807) is 12.2 Å². The third kappa shape index (κ3) is 5.47. The van der Waals surface area contributed by atoms with Crippen molar-refractivity contribution in [3.8, 4) is 0 Å². The molecule has 0 saturated carbocycles. The number of rotatable bonds is 5. The third-order valence-corrected chi connectivity index (χ3v) is 2.70. The maximum absolute atomic E-state index is 11.5. The molecule has 3 heteroatoms. The van der Waals surface area contributed by atoms with E-state index in [9.17, 15) is 9.90 Å². The van der Waals surface area contributed by atoms with E-state index in [4.69, 9.17) is 4.74 Å². The average molecular weight is 280 g/mol. The van der Waals surface area contributed by atoms with E-state index in [0.717, 1.165) is 11.1 Å². The maximum Gasteiger partial charge on any atom is 0.333 e. The van der Waals surface area contributed by atoms with Crippen LogP contribution in [0, 0.1) is 0 Å². The topological polar surface area (TPSA) is 46.5 Å². The molecule has 3 nitrogen and oxygen atoms in total. The Balaban J connectivity index is 1.85. The van der Waals surface area contributed by atoms with E-state index < -0.39 is 12.3 Å². The van der Waals surface area contributed by atoms with Gasteiger partial charge in [0.15, 0.2) is 0 Å². The summed E-state index contributed by atoms with van der Waals surface area (Å²) in [6.07, 6.45) is 4.77. The van der Waals surface area contributed by atoms with Crippen LogP contribution in [0.1, 0.15) is 11.1 Å². The summed E-state index contributed by atoms with van der Waals surface area (Å²) in [5, 5.41) is 9.61. The fraction of sp³-hybridized carbons (Fsp3) is 0.0556. The summed E-state index contributed by atoms with van der Waals surface area (Å²) in [6.45, 7) is 0. The largest absolute Gasteiger partial charge is 0.429 e. The smallest absolute Gasteiger partial charge is 0.333 e. The van der Waals surface area contributed by atoms with Crippen LogP contribution < -0.4 is 0 Å². The fourth-order valence-electron chi connectivity index (χ4n) is 1.68. The lowest BCUT2D eigenvalue weighted by atomic mass is 10.2. The van der Waals surface area contributed by atoms with Gasteiger partial charge in [0.1, 0.15) is 0 Å². The molecule has 0 bridgehead atoms. The minimum atomic E-state index is -1.27. The van der Waals surface area contributed by atoms with Crippen molar-refractivity contribution in [2.75, 3.05) is 0 Å². The Morgan fingerprint density at radius 3 is 2.00 bits per heavy atom. The molecule has 0 fully saturated rings. The molecule has 0 saturated heterocycles. The van der Waals surface area contributed by atoms with Crippen LogP contribution in [0.2, 0.25) is 0 Å². The number of hydrogen-bond acceptors (Lipinski definition) is 3. The molecule has 0 radical (unpaired) electrons. The normalized spacial score (nSPS) is 12.6. The lowest BCUT2D eigenvalue weighted by molar-refractivity contribution is -0.154.